The molecule has 1 fully saturated rings. The van der Waals surface area contributed by atoms with Gasteiger partial charge in [0.05, 0.1) is 0 Å². The number of rotatable bonds is 2. The van der Waals surface area contributed by atoms with Crippen LogP contribution in [0.25, 0.3) is 0 Å². The molecule has 1 saturated heterocycles. The largest absolute Gasteiger partial charge is 0.443 e. The second-order valence-electron chi connectivity index (χ2n) is 6.14. The van der Waals surface area contributed by atoms with Crippen LogP contribution in [0, 0.1) is 5.92 Å². The van der Waals surface area contributed by atoms with Gasteiger partial charge in [0.1, 0.15) is 12.3 Å². The van der Waals surface area contributed by atoms with Crippen molar-refractivity contribution in [2.45, 2.75) is 32.8 Å². The van der Waals surface area contributed by atoms with E-state index in [4.69, 9.17) is 4.74 Å². The first-order valence-electron chi connectivity index (χ1n) is 7.04. The molecule has 110 valence electrons. The Labute approximate surface area is 120 Å². The highest BCUT2D eigenvalue weighted by molar-refractivity contribution is 5.84. The fourth-order valence-electron chi connectivity index (χ4n) is 2.09. The normalized spacial score (nSPS) is 23.2. The molecule has 20 heavy (non-hydrogen) atoms. The van der Waals surface area contributed by atoms with Gasteiger partial charge >= 0.3 is 6.09 Å². The zero-order valence-electron chi connectivity index (χ0n) is 12.4. The Morgan fingerprint density at radius 1 is 1.55 bits per heavy atom. The molecule has 0 aliphatic carbocycles. The molecule has 0 aromatic heterocycles. The maximum atomic E-state index is 12.0. The number of carbonyl (C=O) groups excluding carboxylic acids is 1. The predicted molar refractivity (Wildman–Crippen MR) is 79.6 cm³/mol. The Balaban J connectivity index is 1.96. The molecule has 1 amide bonds. The number of hydrogen-bond donors (Lipinski definition) is 1. The Morgan fingerprint density at radius 3 is 3.00 bits per heavy atom. The first-order chi connectivity index (χ1) is 9.44. The topological polar surface area (TPSA) is 53.9 Å². The van der Waals surface area contributed by atoms with Crippen molar-refractivity contribution >= 4 is 12.3 Å². The first-order valence-corrected chi connectivity index (χ1v) is 7.04. The number of hydrogen-bond acceptors (Lipinski definition) is 4. The van der Waals surface area contributed by atoms with Gasteiger partial charge in [-0.1, -0.05) is 12.2 Å². The lowest BCUT2D eigenvalue weighted by Crippen LogP contribution is -2.35. The molecule has 2 heterocycles. The highest BCUT2D eigenvalue weighted by Crippen LogP contribution is 2.14. The van der Waals surface area contributed by atoms with E-state index in [1.807, 2.05) is 26.8 Å². The van der Waals surface area contributed by atoms with Gasteiger partial charge in [0.15, 0.2) is 0 Å². The SMILES string of the molecule is CC(C)(C)OC(=O)N1C=C(/C=C/[C@H]2CCNC2)C=NC1. The van der Waals surface area contributed by atoms with Gasteiger partial charge in [-0.25, -0.2) is 4.79 Å². The van der Waals surface area contributed by atoms with Crippen LogP contribution in [0.15, 0.2) is 28.9 Å². The maximum absolute atomic E-state index is 12.0. The number of nitrogens with one attached hydrogen (secondary N) is 1. The van der Waals surface area contributed by atoms with E-state index in [2.05, 4.69) is 16.4 Å². The van der Waals surface area contributed by atoms with E-state index in [9.17, 15) is 4.79 Å². The number of amides is 1. The van der Waals surface area contributed by atoms with Crippen molar-refractivity contribution in [3.05, 3.63) is 23.9 Å². The molecular formula is C15H23N3O2. The number of carbonyl (C=O) groups is 1. The van der Waals surface area contributed by atoms with E-state index < -0.39 is 5.60 Å². The minimum Gasteiger partial charge on any atom is -0.443 e. The fourth-order valence-corrected chi connectivity index (χ4v) is 2.09. The van der Waals surface area contributed by atoms with Crippen molar-refractivity contribution in [1.82, 2.24) is 10.2 Å². The van der Waals surface area contributed by atoms with E-state index in [0.717, 1.165) is 25.1 Å². The van der Waals surface area contributed by atoms with Crippen LogP contribution in [0.2, 0.25) is 0 Å². The molecular weight excluding hydrogens is 254 g/mol. The number of ether oxygens (including phenoxy) is 1. The Hall–Kier alpha value is -1.62. The lowest BCUT2D eigenvalue weighted by molar-refractivity contribution is 0.0337. The molecule has 2 aliphatic heterocycles. The number of nitrogens with zero attached hydrogens (tertiary/aromatic N) is 2. The molecule has 2 rings (SSSR count). The van der Waals surface area contributed by atoms with Crippen LogP contribution >= 0.6 is 0 Å². The monoisotopic (exact) mass is 277 g/mol. The summed E-state index contributed by atoms with van der Waals surface area (Å²) in [6.07, 6.45) is 8.59. The average molecular weight is 277 g/mol. The average Bonchev–Trinajstić information content (AvgIpc) is 2.88. The quantitative estimate of drug-likeness (QED) is 0.842. The molecule has 5 nitrogen and oxygen atoms in total. The summed E-state index contributed by atoms with van der Waals surface area (Å²) in [7, 11) is 0. The number of aliphatic imine (C=N–C) groups is 1. The summed E-state index contributed by atoms with van der Waals surface area (Å²) >= 11 is 0. The van der Waals surface area contributed by atoms with Gasteiger partial charge in [0.25, 0.3) is 0 Å². The van der Waals surface area contributed by atoms with Crippen molar-refractivity contribution in [3.8, 4) is 0 Å². The third-order valence-corrected chi connectivity index (χ3v) is 3.07. The fraction of sp³-hybridized carbons (Fsp3) is 0.600. The van der Waals surface area contributed by atoms with Gasteiger partial charge < -0.3 is 10.1 Å². The van der Waals surface area contributed by atoms with E-state index in [1.54, 1.807) is 12.4 Å². The second kappa shape index (κ2) is 6.22. The van der Waals surface area contributed by atoms with Gasteiger partial charge in [-0.2, -0.15) is 0 Å². The lowest BCUT2D eigenvalue weighted by atomic mass is 10.1. The molecule has 0 radical (unpaired) electrons. The minimum atomic E-state index is -0.488. The van der Waals surface area contributed by atoms with E-state index in [-0.39, 0.29) is 6.09 Å². The molecule has 0 spiro atoms. The molecule has 0 unspecified atom stereocenters. The zero-order valence-corrected chi connectivity index (χ0v) is 12.4. The lowest BCUT2D eigenvalue weighted by Gasteiger charge is -2.25. The Bertz CT molecular complexity index is 441. The van der Waals surface area contributed by atoms with Crippen molar-refractivity contribution < 1.29 is 9.53 Å². The molecule has 0 aromatic carbocycles. The molecule has 1 atom stereocenters. The molecule has 5 heteroatoms. The van der Waals surface area contributed by atoms with Crippen molar-refractivity contribution in [2.75, 3.05) is 19.8 Å². The van der Waals surface area contributed by atoms with Crippen LogP contribution in [0.4, 0.5) is 4.79 Å². The van der Waals surface area contributed by atoms with Crippen LogP contribution < -0.4 is 5.32 Å². The minimum absolute atomic E-state index is 0.317. The van der Waals surface area contributed by atoms with Crippen LogP contribution in [-0.4, -0.2) is 42.6 Å². The van der Waals surface area contributed by atoms with E-state index in [1.165, 1.54) is 4.90 Å². The summed E-state index contributed by atoms with van der Waals surface area (Å²) in [5.74, 6) is 0.571. The van der Waals surface area contributed by atoms with E-state index in [0.29, 0.717) is 12.6 Å². The zero-order chi connectivity index (χ0) is 14.6. The smallest absolute Gasteiger partial charge is 0.415 e. The Morgan fingerprint density at radius 2 is 2.35 bits per heavy atom. The summed E-state index contributed by atoms with van der Waals surface area (Å²) in [6, 6.07) is 0. The molecule has 0 aromatic rings. The van der Waals surface area contributed by atoms with E-state index >= 15 is 0 Å². The molecule has 2 aliphatic rings. The highest BCUT2D eigenvalue weighted by Gasteiger charge is 2.21. The summed E-state index contributed by atoms with van der Waals surface area (Å²) in [4.78, 5) is 17.7. The van der Waals surface area contributed by atoms with Gasteiger partial charge in [-0.3, -0.25) is 9.89 Å². The van der Waals surface area contributed by atoms with Gasteiger partial charge in [-0.15, -0.1) is 0 Å². The van der Waals surface area contributed by atoms with Crippen LogP contribution in [0.5, 0.6) is 0 Å². The third kappa shape index (κ3) is 4.49. The van der Waals surface area contributed by atoms with Crippen molar-refractivity contribution in [1.29, 1.82) is 0 Å². The molecule has 1 N–H and O–H groups in total. The Kier molecular flexibility index (Phi) is 4.60. The second-order valence-corrected chi connectivity index (χ2v) is 6.14. The summed E-state index contributed by atoms with van der Waals surface area (Å²) in [6.45, 7) is 7.99. The predicted octanol–water partition coefficient (Wildman–Crippen LogP) is 2.32. The van der Waals surface area contributed by atoms with Gasteiger partial charge in [0, 0.05) is 24.5 Å². The van der Waals surface area contributed by atoms with Crippen molar-refractivity contribution in [3.63, 3.8) is 0 Å². The molecule has 0 bridgehead atoms. The molecule has 0 saturated carbocycles. The van der Waals surface area contributed by atoms with Gasteiger partial charge in [-0.05, 0) is 39.7 Å². The standard InChI is InChI=1S/C15H23N3O2/c1-15(2,3)20-14(19)18-10-13(9-17-11-18)5-4-12-6-7-16-8-12/h4-5,9-10,12,16H,6-8,11H2,1-3H3/b5-4+/t12-/m0/s1. The maximum Gasteiger partial charge on any atom is 0.415 e. The first kappa shape index (κ1) is 14.8. The van der Waals surface area contributed by atoms with Crippen LogP contribution in [-0.2, 0) is 4.74 Å². The number of allylic oxidation sites excluding steroid dienone is 2. The summed E-state index contributed by atoms with van der Waals surface area (Å²) in [5.41, 5.74) is 0.437. The van der Waals surface area contributed by atoms with Crippen molar-refractivity contribution in [2.24, 2.45) is 10.9 Å². The summed E-state index contributed by atoms with van der Waals surface area (Å²) < 4.78 is 5.34. The van der Waals surface area contributed by atoms with Crippen LogP contribution in [0.3, 0.4) is 0 Å². The summed E-state index contributed by atoms with van der Waals surface area (Å²) in [5, 5.41) is 3.32. The highest BCUT2D eigenvalue weighted by atomic mass is 16.6. The van der Waals surface area contributed by atoms with Gasteiger partial charge in [0.2, 0.25) is 0 Å². The van der Waals surface area contributed by atoms with Crippen LogP contribution in [0.1, 0.15) is 27.2 Å². The third-order valence-electron chi connectivity index (χ3n) is 3.07.